The first-order valence-electron chi connectivity index (χ1n) is 5.50. The molecule has 1 N–H and O–H groups in total. The van der Waals surface area contributed by atoms with Crippen molar-refractivity contribution >= 4 is 10.0 Å². The van der Waals surface area contributed by atoms with Crippen molar-refractivity contribution in [3.8, 4) is 0 Å². The Morgan fingerprint density at radius 2 is 1.86 bits per heavy atom. The van der Waals surface area contributed by atoms with Crippen molar-refractivity contribution in [2.24, 2.45) is 5.92 Å². The molecule has 0 aliphatic heterocycles. The molecule has 1 unspecified atom stereocenters. The van der Waals surface area contributed by atoms with Crippen LogP contribution in [-0.4, -0.2) is 20.7 Å². The fraction of sp³-hybridized carbons (Fsp3) is 1.00. The lowest BCUT2D eigenvalue weighted by molar-refractivity contribution is 0.285. The SMILES string of the molecule is CCC(NS(C)(=O)=O)C1CCCCC1. The molecule has 3 nitrogen and oxygen atoms in total. The van der Waals surface area contributed by atoms with Crippen LogP contribution in [0.2, 0.25) is 0 Å². The molecule has 4 heteroatoms. The number of nitrogens with one attached hydrogen (secondary N) is 1. The van der Waals surface area contributed by atoms with E-state index in [1.165, 1.54) is 38.4 Å². The zero-order valence-corrected chi connectivity index (χ0v) is 9.94. The summed E-state index contributed by atoms with van der Waals surface area (Å²) >= 11 is 0. The average Bonchev–Trinajstić information content (AvgIpc) is 2.14. The Hall–Kier alpha value is -0.0900. The minimum atomic E-state index is -3.03. The van der Waals surface area contributed by atoms with E-state index in [9.17, 15) is 8.42 Å². The van der Waals surface area contributed by atoms with Crippen LogP contribution in [0.4, 0.5) is 0 Å². The maximum atomic E-state index is 11.1. The molecule has 0 aromatic heterocycles. The lowest BCUT2D eigenvalue weighted by Crippen LogP contribution is -2.40. The second-order valence-electron chi connectivity index (χ2n) is 4.30. The summed E-state index contributed by atoms with van der Waals surface area (Å²) in [6, 6.07) is 0.158. The van der Waals surface area contributed by atoms with Gasteiger partial charge in [0.25, 0.3) is 0 Å². The highest BCUT2D eigenvalue weighted by molar-refractivity contribution is 7.88. The van der Waals surface area contributed by atoms with Gasteiger partial charge in [0, 0.05) is 6.04 Å². The Labute approximate surface area is 87.3 Å². The average molecular weight is 219 g/mol. The van der Waals surface area contributed by atoms with Crippen LogP contribution in [0.5, 0.6) is 0 Å². The molecule has 0 radical (unpaired) electrons. The monoisotopic (exact) mass is 219 g/mol. The van der Waals surface area contributed by atoms with Crippen molar-refractivity contribution in [2.45, 2.75) is 51.5 Å². The highest BCUT2D eigenvalue weighted by Gasteiger charge is 2.24. The molecule has 1 aliphatic carbocycles. The van der Waals surface area contributed by atoms with E-state index in [-0.39, 0.29) is 6.04 Å². The minimum Gasteiger partial charge on any atom is -0.213 e. The molecule has 1 rings (SSSR count). The van der Waals surface area contributed by atoms with Gasteiger partial charge in [0.2, 0.25) is 10.0 Å². The fourth-order valence-corrected chi connectivity index (χ4v) is 3.23. The molecule has 1 atom stereocenters. The van der Waals surface area contributed by atoms with E-state index in [0.717, 1.165) is 6.42 Å². The van der Waals surface area contributed by atoms with Gasteiger partial charge in [0.1, 0.15) is 0 Å². The highest BCUT2D eigenvalue weighted by atomic mass is 32.2. The summed E-state index contributed by atoms with van der Waals surface area (Å²) in [5.41, 5.74) is 0. The van der Waals surface area contributed by atoms with E-state index in [4.69, 9.17) is 0 Å². The van der Waals surface area contributed by atoms with Gasteiger partial charge in [0.15, 0.2) is 0 Å². The van der Waals surface area contributed by atoms with Gasteiger partial charge < -0.3 is 0 Å². The van der Waals surface area contributed by atoms with Gasteiger partial charge in [-0.3, -0.25) is 0 Å². The van der Waals surface area contributed by atoms with Crippen molar-refractivity contribution in [2.75, 3.05) is 6.26 Å². The molecule has 0 aromatic carbocycles. The zero-order chi connectivity index (χ0) is 10.6. The largest absolute Gasteiger partial charge is 0.213 e. The van der Waals surface area contributed by atoms with Crippen LogP contribution in [0.1, 0.15) is 45.4 Å². The van der Waals surface area contributed by atoms with E-state index < -0.39 is 10.0 Å². The summed E-state index contributed by atoms with van der Waals surface area (Å²) in [6.07, 6.45) is 8.34. The van der Waals surface area contributed by atoms with Gasteiger partial charge in [-0.15, -0.1) is 0 Å². The van der Waals surface area contributed by atoms with Crippen molar-refractivity contribution in [3.63, 3.8) is 0 Å². The molecule has 0 spiro atoms. The smallest absolute Gasteiger partial charge is 0.208 e. The summed E-state index contributed by atoms with van der Waals surface area (Å²) in [4.78, 5) is 0. The predicted molar refractivity (Wildman–Crippen MR) is 58.6 cm³/mol. The molecule has 14 heavy (non-hydrogen) atoms. The van der Waals surface area contributed by atoms with E-state index in [0.29, 0.717) is 5.92 Å². The fourth-order valence-electron chi connectivity index (χ4n) is 2.32. The Morgan fingerprint density at radius 1 is 1.29 bits per heavy atom. The van der Waals surface area contributed by atoms with Crippen molar-refractivity contribution in [1.82, 2.24) is 4.72 Å². The Morgan fingerprint density at radius 3 is 2.29 bits per heavy atom. The van der Waals surface area contributed by atoms with Gasteiger partial charge in [-0.25, -0.2) is 13.1 Å². The van der Waals surface area contributed by atoms with Crippen molar-refractivity contribution < 1.29 is 8.42 Å². The Balaban J connectivity index is 2.52. The minimum absolute atomic E-state index is 0.158. The Kier molecular flexibility index (Phi) is 4.38. The second kappa shape index (κ2) is 5.12. The first-order chi connectivity index (χ1) is 6.53. The Bertz CT molecular complexity index is 255. The lowest BCUT2D eigenvalue weighted by atomic mass is 9.83. The molecule has 0 saturated heterocycles. The summed E-state index contributed by atoms with van der Waals surface area (Å²) in [5, 5.41) is 0. The van der Waals surface area contributed by atoms with Gasteiger partial charge in [-0.05, 0) is 25.2 Å². The molecule has 0 bridgehead atoms. The first-order valence-corrected chi connectivity index (χ1v) is 7.39. The third-order valence-electron chi connectivity index (χ3n) is 3.02. The number of hydrogen-bond donors (Lipinski definition) is 1. The summed E-state index contributed by atoms with van der Waals surface area (Å²) < 4.78 is 25.0. The second-order valence-corrected chi connectivity index (χ2v) is 6.08. The standard InChI is InChI=1S/C10H21NO2S/c1-3-10(11-14(2,12)13)9-7-5-4-6-8-9/h9-11H,3-8H2,1-2H3. The van der Waals surface area contributed by atoms with Crippen LogP contribution in [0.3, 0.4) is 0 Å². The quantitative estimate of drug-likeness (QED) is 0.785. The van der Waals surface area contributed by atoms with Crippen LogP contribution < -0.4 is 4.72 Å². The van der Waals surface area contributed by atoms with Crippen LogP contribution in [0, 0.1) is 5.92 Å². The van der Waals surface area contributed by atoms with Crippen LogP contribution in [0.15, 0.2) is 0 Å². The molecule has 0 heterocycles. The van der Waals surface area contributed by atoms with Gasteiger partial charge >= 0.3 is 0 Å². The van der Waals surface area contributed by atoms with Crippen molar-refractivity contribution in [1.29, 1.82) is 0 Å². The van der Waals surface area contributed by atoms with E-state index in [2.05, 4.69) is 11.6 Å². The van der Waals surface area contributed by atoms with Crippen LogP contribution in [0.25, 0.3) is 0 Å². The molecule has 84 valence electrons. The van der Waals surface area contributed by atoms with E-state index in [1.807, 2.05) is 0 Å². The number of hydrogen-bond acceptors (Lipinski definition) is 2. The van der Waals surface area contributed by atoms with E-state index in [1.54, 1.807) is 0 Å². The van der Waals surface area contributed by atoms with Crippen LogP contribution >= 0.6 is 0 Å². The van der Waals surface area contributed by atoms with E-state index >= 15 is 0 Å². The molecule has 0 amide bonds. The highest BCUT2D eigenvalue weighted by Crippen LogP contribution is 2.27. The summed E-state index contributed by atoms with van der Waals surface area (Å²) in [7, 11) is -3.03. The predicted octanol–water partition coefficient (Wildman–Crippen LogP) is 1.89. The zero-order valence-electron chi connectivity index (χ0n) is 9.12. The van der Waals surface area contributed by atoms with Gasteiger partial charge in [-0.2, -0.15) is 0 Å². The molecule has 1 saturated carbocycles. The third-order valence-corrected chi connectivity index (χ3v) is 3.76. The summed E-state index contributed by atoms with van der Waals surface area (Å²) in [5.74, 6) is 0.559. The molecule has 0 aromatic rings. The van der Waals surface area contributed by atoms with Crippen molar-refractivity contribution in [3.05, 3.63) is 0 Å². The molecule has 1 aliphatic rings. The van der Waals surface area contributed by atoms with Gasteiger partial charge in [-0.1, -0.05) is 26.2 Å². The van der Waals surface area contributed by atoms with Crippen LogP contribution in [-0.2, 0) is 10.0 Å². The molecular formula is C10H21NO2S. The topological polar surface area (TPSA) is 46.2 Å². The normalized spacial score (nSPS) is 22.1. The summed E-state index contributed by atoms with van der Waals surface area (Å²) in [6.45, 7) is 2.05. The number of sulfonamides is 1. The third kappa shape index (κ3) is 3.96. The molecular weight excluding hydrogens is 198 g/mol. The first kappa shape index (κ1) is 12.0. The lowest BCUT2D eigenvalue weighted by Gasteiger charge is -2.29. The number of rotatable bonds is 4. The maximum absolute atomic E-state index is 11.1. The maximum Gasteiger partial charge on any atom is 0.208 e. The molecule has 1 fully saturated rings. The van der Waals surface area contributed by atoms with Gasteiger partial charge in [0.05, 0.1) is 6.26 Å².